The van der Waals surface area contributed by atoms with Gasteiger partial charge in [0.05, 0.1) is 6.04 Å². The number of urea groups is 1. The fourth-order valence-corrected chi connectivity index (χ4v) is 2.59. The highest BCUT2D eigenvalue weighted by atomic mass is 16.3. The van der Waals surface area contributed by atoms with Gasteiger partial charge in [0.25, 0.3) is 0 Å². The number of amides is 2. The molecule has 20 heavy (non-hydrogen) atoms. The first-order valence-corrected chi connectivity index (χ1v) is 7.63. The Labute approximate surface area is 121 Å². The number of hydrogen-bond donors (Lipinski definition) is 1. The minimum absolute atomic E-state index is 0.0153. The molecule has 1 aliphatic carbocycles. The molecule has 1 aromatic heterocycles. The van der Waals surface area contributed by atoms with Crippen LogP contribution < -0.4 is 5.32 Å². The van der Waals surface area contributed by atoms with Crippen LogP contribution in [-0.2, 0) is 0 Å². The topological polar surface area (TPSA) is 45.5 Å². The van der Waals surface area contributed by atoms with Gasteiger partial charge in [-0.1, -0.05) is 6.92 Å². The van der Waals surface area contributed by atoms with Gasteiger partial charge in [0.15, 0.2) is 0 Å². The Hall–Kier alpha value is -1.45. The Kier molecular flexibility index (Phi) is 4.73. The van der Waals surface area contributed by atoms with Gasteiger partial charge >= 0.3 is 6.03 Å². The molecule has 4 heteroatoms. The van der Waals surface area contributed by atoms with Crippen LogP contribution in [0, 0.1) is 19.8 Å². The van der Waals surface area contributed by atoms with Crippen molar-refractivity contribution in [3.05, 3.63) is 23.2 Å². The van der Waals surface area contributed by atoms with Crippen molar-refractivity contribution in [2.24, 2.45) is 5.92 Å². The maximum Gasteiger partial charge on any atom is 0.317 e. The van der Waals surface area contributed by atoms with Crippen molar-refractivity contribution in [2.45, 2.75) is 53.0 Å². The minimum Gasteiger partial charge on any atom is -0.466 e. The summed E-state index contributed by atoms with van der Waals surface area (Å²) in [6, 6.07) is 2.04. The van der Waals surface area contributed by atoms with Crippen molar-refractivity contribution < 1.29 is 9.21 Å². The third-order valence-corrected chi connectivity index (χ3v) is 3.84. The first-order valence-electron chi connectivity index (χ1n) is 7.63. The predicted molar refractivity (Wildman–Crippen MR) is 79.7 cm³/mol. The van der Waals surface area contributed by atoms with Crippen LogP contribution in [0.15, 0.2) is 10.5 Å². The van der Waals surface area contributed by atoms with Crippen LogP contribution in [0.2, 0.25) is 0 Å². The molecular formula is C16H26N2O2. The van der Waals surface area contributed by atoms with E-state index >= 15 is 0 Å². The molecular weight excluding hydrogens is 252 g/mol. The molecule has 0 bridgehead atoms. The summed E-state index contributed by atoms with van der Waals surface area (Å²) in [6.45, 7) is 9.73. The maximum atomic E-state index is 12.4. The molecule has 0 aromatic carbocycles. The lowest BCUT2D eigenvalue weighted by Gasteiger charge is -2.24. The van der Waals surface area contributed by atoms with Crippen LogP contribution >= 0.6 is 0 Å². The number of aryl methyl sites for hydroxylation is 2. The molecule has 0 aliphatic heterocycles. The van der Waals surface area contributed by atoms with Crippen molar-refractivity contribution in [2.75, 3.05) is 13.1 Å². The third-order valence-electron chi connectivity index (χ3n) is 3.84. The van der Waals surface area contributed by atoms with Gasteiger partial charge in [0.2, 0.25) is 0 Å². The number of furan rings is 1. The van der Waals surface area contributed by atoms with E-state index in [4.69, 9.17) is 4.42 Å². The molecule has 4 nitrogen and oxygen atoms in total. The predicted octanol–water partition coefficient (Wildman–Crippen LogP) is 3.79. The Bertz CT molecular complexity index is 463. The van der Waals surface area contributed by atoms with E-state index in [0.29, 0.717) is 0 Å². The molecule has 2 amide bonds. The van der Waals surface area contributed by atoms with Crippen LogP contribution in [0.1, 0.15) is 56.2 Å². The molecule has 1 unspecified atom stereocenters. The van der Waals surface area contributed by atoms with Crippen molar-refractivity contribution in [3.8, 4) is 0 Å². The second-order valence-corrected chi connectivity index (χ2v) is 5.93. The van der Waals surface area contributed by atoms with Gasteiger partial charge in [0.1, 0.15) is 11.5 Å². The second-order valence-electron chi connectivity index (χ2n) is 5.93. The lowest BCUT2D eigenvalue weighted by molar-refractivity contribution is 0.192. The Morgan fingerprint density at radius 1 is 1.50 bits per heavy atom. The summed E-state index contributed by atoms with van der Waals surface area (Å²) >= 11 is 0. The molecule has 2 rings (SSSR count). The van der Waals surface area contributed by atoms with Gasteiger partial charge in [-0.2, -0.15) is 0 Å². The summed E-state index contributed by atoms with van der Waals surface area (Å²) in [5.74, 6) is 2.50. The van der Waals surface area contributed by atoms with Crippen LogP contribution in [0.4, 0.5) is 4.79 Å². The Morgan fingerprint density at radius 3 is 2.70 bits per heavy atom. The number of nitrogens with zero attached hydrogens (tertiary/aromatic N) is 1. The zero-order chi connectivity index (χ0) is 14.7. The third kappa shape index (κ3) is 3.78. The van der Waals surface area contributed by atoms with Crippen LogP contribution in [-0.4, -0.2) is 24.0 Å². The summed E-state index contributed by atoms with van der Waals surface area (Å²) in [4.78, 5) is 14.3. The standard InChI is InChI=1S/C16H26N2O2/c1-5-8-18(10-14-6-7-14)16(19)17-12(3)15-9-11(2)20-13(15)4/h9,12,14H,5-8,10H2,1-4H3,(H,17,19). The number of carbonyl (C=O) groups is 1. The van der Waals surface area contributed by atoms with Crippen LogP contribution in [0.5, 0.6) is 0 Å². The SMILES string of the molecule is CCCN(CC1CC1)C(=O)NC(C)c1cc(C)oc1C. The fraction of sp³-hybridized carbons (Fsp3) is 0.688. The lowest BCUT2D eigenvalue weighted by atomic mass is 10.1. The van der Waals surface area contributed by atoms with Gasteiger partial charge < -0.3 is 14.6 Å². The van der Waals surface area contributed by atoms with E-state index < -0.39 is 0 Å². The van der Waals surface area contributed by atoms with Crippen LogP contribution in [0.25, 0.3) is 0 Å². The maximum absolute atomic E-state index is 12.4. The van der Waals surface area contributed by atoms with Gasteiger partial charge in [0, 0.05) is 18.7 Å². The first-order chi connectivity index (χ1) is 9.51. The zero-order valence-electron chi connectivity index (χ0n) is 13.0. The van der Waals surface area contributed by atoms with Crippen molar-refractivity contribution in [1.29, 1.82) is 0 Å². The van der Waals surface area contributed by atoms with E-state index in [2.05, 4.69) is 12.2 Å². The molecule has 112 valence electrons. The average molecular weight is 278 g/mol. The highest BCUT2D eigenvalue weighted by Crippen LogP contribution is 2.30. The van der Waals surface area contributed by atoms with E-state index in [9.17, 15) is 4.79 Å². The summed E-state index contributed by atoms with van der Waals surface area (Å²) in [7, 11) is 0. The van der Waals surface area contributed by atoms with Gasteiger partial charge in [-0.05, 0) is 52.0 Å². The molecule has 1 saturated carbocycles. The summed E-state index contributed by atoms with van der Waals surface area (Å²) in [5.41, 5.74) is 1.07. The average Bonchev–Trinajstić information content (AvgIpc) is 3.12. The number of hydrogen-bond acceptors (Lipinski definition) is 2. The highest BCUT2D eigenvalue weighted by molar-refractivity contribution is 5.74. The van der Waals surface area contributed by atoms with Crippen LogP contribution in [0.3, 0.4) is 0 Å². The number of nitrogens with one attached hydrogen (secondary N) is 1. The summed E-state index contributed by atoms with van der Waals surface area (Å²) < 4.78 is 5.53. The van der Waals surface area contributed by atoms with Crippen molar-refractivity contribution in [1.82, 2.24) is 10.2 Å². The lowest BCUT2D eigenvalue weighted by Crippen LogP contribution is -2.42. The smallest absolute Gasteiger partial charge is 0.317 e. The quantitative estimate of drug-likeness (QED) is 0.860. The minimum atomic E-state index is -0.0153. The van der Waals surface area contributed by atoms with Gasteiger partial charge in [-0.25, -0.2) is 4.79 Å². The second kappa shape index (κ2) is 6.33. The first kappa shape index (κ1) is 14.9. The van der Waals surface area contributed by atoms with Gasteiger partial charge in [-0.15, -0.1) is 0 Å². The van der Waals surface area contributed by atoms with E-state index in [1.165, 1.54) is 12.8 Å². The molecule has 0 radical (unpaired) electrons. The summed E-state index contributed by atoms with van der Waals surface area (Å²) in [5, 5.41) is 3.10. The monoisotopic (exact) mass is 278 g/mol. The largest absolute Gasteiger partial charge is 0.466 e. The zero-order valence-corrected chi connectivity index (χ0v) is 13.0. The highest BCUT2D eigenvalue weighted by Gasteiger charge is 2.27. The fourth-order valence-electron chi connectivity index (χ4n) is 2.59. The molecule has 0 saturated heterocycles. The molecule has 1 heterocycles. The number of carbonyl (C=O) groups excluding carboxylic acids is 1. The summed E-state index contributed by atoms with van der Waals surface area (Å²) in [6.07, 6.45) is 3.53. The van der Waals surface area contributed by atoms with E-state index in [-0.39, 0.29) is 12.1 Å². The van der Waals surface area contributed by atoms with E-state index in [0.717, 1.165) is 42.5 Å². The Balaban J connectivity index is 1.95. The number of rotatable bonds is 6. The molecule has 1 atom stereocenters. The molecule has 0 spiro atoms. The van der Waals surface area contributed by atoms with Crippen molar-refractivity contribution in [3.63, 3.8) is 0 Å². The molecule has 1 fully saturated rings. The van der Waals surface area contributed by atoms with E-state index in [1.54, 1.807) is 0 Å². The normalized spacial score (nSPS) is 16.0. The van der Waals surface area contributed by atoms with Crippen molar-refractivity contribution >= 4 is 6.03 Å². The van der Waals surface area contributed by atoms with Gasteiger partial charge in [-0.3, -0.25) is 0 Å². The molecule has 1 N–H and O–H groups in total. The molecule has 1 aromatic rings. The Morgan fingerprint density at radius 2 is 2.20 bits per heavy atom. The van der Waals surface area contributed by atoms with E-state index in [1.807, 2.05) is 31.7 Å². The molecule has 1 aliphatic rings.